The molecule has 2 aromatic rings. The van der Waals surface area contributed by atoms with E-state index < -0.39 is 24.5 Å². The van der Waals surface area contributed by atoms with Gasteiger partial charge in [-0.2, -0.15) is 0 Å². The summed E-state index contributed by atoms with van der Waals surface area (Å²) in [5, 5.41) is 11.1. The van der Waals surface area contributed by atoms with Crippen LogP contribution in [0.2, 0.25) is 0 Å². The monoisotopic (exact) mass is 387 g/mol. The van der Waals surface area contributed by atoms with E-state index in [0.29, 0.717) is 18.1 Å². The van der Waals surface area contributed by atoms with E-state index in [2.05, 4.69) is 5.32 Å². The van der Waals surface area contributed by atoms with Gasteiger partial charge in [-0.1, -0.05) is 49.6 Å². The van der Waals surface area contributed by atoms with Gasteiger partial charge in [0, 0.05) is 5.30 Å². The highest BCUT2D eigenvalue weighted by Crippen LogP contribution is 2.58. The summed E-state index contributed by atoms with van der Waals surface area (Å²) in [4.78, 5) is 35.4. The van der Waals surface area contributed by atoms with Crippen LogP contribution in [0.3, 0.4) is 0 Å². The van der Waals surface area contributed by atoms with E-state index in [9.17, 15) is 24.2 Å². The fourth-order valence-corrected chi connectivity index (χ4v) is 5.91. The fourth-order valence-electron chi connectivity index (χ4n) is 3.66. The van der Waals surface area contributed by atoms with Crippen molar-refractivity contribution in [2.75, 3.05) is 0 Å². The third-order valence-electron chi connectivity index (χ3n) is 5.12. The van der Waals surface area contributed by atoms with Gasteiger partial charge >= 0.3 is 5.97 Å². The van der Waals surface area contributed by atoms with E-state index in [4.69, 9.17) is 0 Å². The number of amides is 1. The lowest BCUT2D eigenvalue weighted by atomic mass is 9.94. The van der Waals surface area contributed by atoms with Gasteiger partial charge in [-0.25, -0.2) is 4.79 Å². The molecule has 1 unspecified atom stereocenters. The van der Waals surface area contributed by atoms with Crippen molar-refractivity contribution in [3.05, 3.63) is 65.7 Å². The van der Waals surface area contributed by atoms with E-state index in [1.54, 1.807) is 36.4 Å². The SMILES string of the molecule is O=C(O)c1ccccc1C(=O)NC1(P(=O)(O)c2ccccc2)CCCCC1. The normalized spacial score (nSPS) is 18.3. The van der Waals surface area contributed by atoms with E-state index in [1.807, 2.05) is 0 Å². The van der Waals surface area contributed by atoms with Crippen molar-refractivity contribution in [1.29, 1.82) is 0 Å². The molecule has 2 aromatic carbocycles. The van der Waals surface area contributed by atoms with Crippen LogP contribution in [0.1, 0.15) is 52.8 Å². The summed E-state index contributed by atoms with van der Waals surface area (Å²) in [5.41, 5.74) is -0.142. The first-order valence-electron chi connectivity index (χ1n) is 8.91. The van der Waals surface area contributed by atoms with E-state index in [1.165, 1.54) is 18.2 Å². The van der Waals surface area contributed by atoms with Gasteiger partial charge in [0.05, 0.1) is 11.1 Å². The van der Waals surface area contributed by atoms with Gasteiger partial charge in [-0.3, -0.25) is 9.36 Å². The maximum Gasteiger partial charge on any atom is 0.336 e. The highest BCUT2D eigenvalue weighted by atomic mass is 31.2. The number of carbonyl (C=O) groups is 2. The number of rotatable bonds is 5. The van der Waals surface area contributed by atoms with Crippen LogP contribution in [0.25, 0.3) is 0 Å². The molecule has 27 heavy (non-hydrogen) atoms. The molecule has 6 nitrogen and oxygen atoms in total. The average molecular weight is 387 g/mol. The first-order valence-corrected chi connectivity index (χ1v) is 10.6. The molecule has 3 N–H and O–H groups in total. The van der Waals surface area contributed by atoms with Crippen LogP contribution < -0.4 is 10.6 Å². The highest BCUT2D eigenvalue weighted by molar-refractivity contribution is 7.67. The predicted octanol–water partition coefficient (Wildman–Crippen LogP) is 3.37. The Hall–Kier alpha value is -2.43. The van der Waals surface area contributed by atoms with Crippen LogP contribution in [0.15, 0.2) is 54.6 Å². The molecular formula is C20H22NO5P. The quantitative estimate of drug-likeness (QED) is 0.683. The van der Waals surface area contributed by atoms with Crippen molar-refractivity contribution >= 4 is 24.5 Å². The first kappa shape index (κ1) is 19.3. The Morgan fingerprint density at radius 1 is 0.889 bits per heavy atom. The second kappa shape index (κ2) is 7.67. The lowest BCUT2D eigenvalue weighted by Gasteiger charge is -2.41. The Morgan fingerprint density at radius 2 is 1.44 bits per heavy atom. The van der Waals surface area contributed by atoms with Crippen LogP contribution in [0, 0.1) is 0 Å². The molecule has 1 aliphatic carbocycles. The lowest BCUT2D eigenvalue weighted by molar-refractivity contribution is 0.0689. The van der Waals surface area contributed by atoms with Gasteiger partial charge in [0.15, 0.2) is 0 Å². The van der Waals surface area contributed by atoms with Gasteiger partial charge in [0.25, 0.3) is 13.3 Å². The van der Waals surface area contributed by atoms with Crippen molar-refractivity contribution < 1.29 is 24.2 Å². The van der Waals surface area contributed by atoms with Gasteiger partial charge in [-0.05, 0) is 37.1 Å². The van der Waals surface area contributed by atoms with Crippen molar-refractivity contribution in [1.82, 2.24) is 5.32 Å². The summed E-state index contributed by atoms with van der Waals surface area (Å²) in [5.74, 6) is -1.85. The zero-order valence-corrected chi connectivity index (χ0v) is 15.7. The van der Waals surface area contributed by atoms with Crippen LogP contribution in [-0.2, 0) is 4.57 Å². The summed E-state index contributed by atoms with van der Waals surface area (Å²) < 4.78 is 13.5. The number of hydrogen-bond acceptors (Lipinski definition) is 3. The molecule has 0 bridgehead atoms. The maximum atomic E-state index is 13.5. The highest BCUT2D eigenvalue weighted by Gasteiger charge is 2.50. The molecule has 0 heterocycles. The summed E-state index contributed by atoms with van der Waals surface area (Å²) in [6.45, 7) is 0. The molecule has 3 rings (SSSR count). The molecule has 7 heteroatoms. The molecule has 142 valence electrons. The summed E-state index contributed by atoms with van der Waals surface area (Å²) in [7, 11) is -3.94. The van der Waals surface area contributed by atoms with Crippen molar-refractivity contribution in [3.63, 3.8) is 0 Å². The molecule has 0 radical (unpaired) electrons. The number of hydrogen-bond donors (Lipinski definition) is 3. The van der Waals surface area contributed by atoms with Gasteiger partial charge < -0.3 is 15.3 Å². The Morgan fingerprint density at radius 3 is 2.04 bits per heavy atom. The fraction of sp³-hybridized carbons (Fsp3) is 0.300. The number of carboxylic acid groups (broad SMARTS) is 1. The number of nitrogens with one attached hydrogen (secondary N) is 1. The maximum absolute atomic E-state index is 13.5. The Kier molecular flexibility index (Phi) is 5.49. The molecule has 0 spiro atoms. The minimum atomic E-state index is -3.94. The molecular weight excluding hydrogens is 365 g/mol. The van der Waals surface area contributed by atoms with E-state index in [0.717, 1.165) is 19.3 Å². The number of carboxylic acids is 1. The molecule has 1 atom stereocenters. The first-order chi connectivity index (χ1) is 12.9. The Labute approximate surface area is 157 Å². The molecule has 1 aliphatic rings. The Balaban J connectivity index is 2.01. The van der Waals surface area contributed by atoms with Crippen LogP contribution in [0.5, 0.6) is 0 Å². The van der Waals surface area contributed by atoms with Crippen LogP contribution in [-0.4, -0.2) is 27.2 Å². The van der Waals surface area contributed by atoms with Crippen molar-refractivity contribution in [2.45, 2.75) is 37.4 Å². The van der Waals surface area contributed by atoms with E-state index >= 15 is 0 Å². The third kappa shape index (κ3) is 3.68. The minimum Gasteiger partial charge on any atom is -0.478 e. The molecule has 0 saturated heterocycles. The van der Waals surface area contributed by atoms with Gasteiger partial charge in [-0.15, -0.1) is 0 Å². The summed E-state index contributed by atoms with van der Waals surface area (Å²) >= 11 is 0. The van der Waals surface area contributed by atoms with Gasteiger partial charge in [0.1, 0.15) is 5.28 Å². The minimum absolute atomic E-state index is 0.0111. The van der Waals surface area contributed by atoms with Crippen LogP contribution >= 0.6 is 7.37 Å². The lowest BCUT2D eigenvalue weighted by Crippen LogP contribution is -2.51. The molecule has 1 amide bonds. The molecule has 0 aliphatic heterocycles. The average Bonchev–Trinajstić information content (AvgIpc) is 2.69. The molecule has 0 aromatic heterocycles. The largest absolute Gasteiger partial charge is 0.478 e. The van der Waals surface area contributed by atoms with Crippen molar-refractivity contribution in [2.24, 2.45) is 0 Å². The summed E-state index contributed by atoms with van der Waals surface area (Å²) in [6, 6.07) is 14.2. The smallest absolute Gasteiger partial charge is 0.336 e. The second-order valence-corrected chi connectivity index (χ2v) is 9.33. The zero-order chi connectivity index (χ0) is 19.5. The number of carbonyl (C=O) groups excluding carboxylic acids is 1. The van der Waals surface area contributed by atoms with E-state index in [-0.39, 0.29) is 11.1 Å². The number of aromatic carboxylic acids is 1. The van der Waals surface area contributed by atoms with Crippen LogP contribution in [0.4, 0.5) is 0 Å². The topological polar surface area (TPSA) is 104 Å². The third-order valence-corrected chi connectivity index (χ3v) is 7.83. The van der Waals surface area contributed by atoms with Crippen molar-refractivity contribution in [3.8, 4) is 0 Å². The predicted molar refractivity (Wildman–Crippen MR) is 103 cm³/mol. The Bertz CT molecular complexity index is 890. The standard InChI is InChI=1S/C20H22NO5P/c22-18(16-11-5-6-12-17(16)19(23)24)21-20(13-7-2-8-14-20)27(25,26)15-9-3-1-4-10-15/h1,3-6,9-12H,2,7-8,13-14H2,(H,21,22)(H,23,24)(H,25,26). The van der Waals surface area contributed by atoms with Gasteiger partial charge in [0.2, 0.25) is 0 Å². The molecule has 1 saturated carbocycles. The second-order valence-electron chi connectivity index (χ2n) is 6.81. The summed E-state index contributed by atoms with van der Waals surface area (Å²) in [6.07, 6.45) is 3.11. The molecule has 1 fully saturated rings. The zero-order valence-electron chi connectivity index (χ0n) is 14.8. The number of benzene rings is 2.